The van der Waals surface area contributed by atoms with Gasteiger partial charge in [0.05, 0.1) is 11.8 Å². The number of aromatic amines is 2. The van der Waals surface area contributed by atoms with Gasteiger partial charge in [0, 0.05) is 13.0 Å². The Kier molecular flexibility index (Phi) is 2.88. The summed E-state index contributed by atoms with van der Waals surface area (Å²) in [6.45, 7) is 0.762. The van der Waals surface area contributed by atoms with Crippen LogP contribution in [0, 0.1) is 4.77 Å². The molecule has 0 aliphatic carbocycles. The topological polar surface area (TPSA) is 78.1 Å². The highest BCUT2D eigenvalue weighted by atomic mass is 32.1. The number of hydrogen-bond acceptors (Lipinski definition) is 3. The molecule has 2 heterocycles. The Morgan fingerprint density at radius 2 is 2.40 bits per heavy atom. The summed E-state index contributed by atoms with van der Waals surface area (Å²) in [5.74, 6) is -0.990. The normalized spacial score (nSPS) is 20.7. The maximum atomic E-state index is 10.9. The van der Waals surface area contributed by atoms with Gasteiger partial charge in [-0.3, -0.25) is 0 Å². The van der Waals surface area contributed by atoms with Gasteiger partial charge in [-0.1, -0.05) is 0 Å². The average molecular weight is 228 g/mol. The van der Waals surface area contributed by atoms with E-state index in [1.165, 1.54) is 0 Å². The quantitative estimate of drug-likeness (QED) is 0.685. The zero-order valence-corrected chi connectivity index (χ0v) is 8.89. The summed E-state index contributed by atoms with van der Waals surface area (Å²) in [6.07, 6.45) is 2.71. The SMILES string of the molecule is O=C(O)c1[nH]c(=S)[nH]c1CC1CCCO1. The Labute approximate surface area is 91.5 Å². The number of H-pyrrole nitrogens is 2. The lowest BCUT2D eigenvalue weighted by Crippen LogP contribution is -2.12. The smallest absolute Gasteiger partial charge is 0.354 e. The summed E-state index contributed by atoms with van der Waals surface area (Å²) in [6, 6.07) is 0. The molecule has 5 nitrogen and oxygen atoms in total. The monoisotopic (exact) mass is 228 g/mol. The minimum absolute atomic E-state index is 0.115. The lowest BCUT2D eigenvalue weighted by molar-refractivity contribution is 0.0687. The fraction of sp³-hybridized carbons (Fsp3) is 0.556. The van der Waals surface area contributed by atoms with E-state index in [1.54, 1.807) is 0 Å². The molecule has 1 aromatic heterocycles. The minimum atomic E-state index is -0.990. The number of carboxylic acid groups (broad SMARTS) is 1. The molecule has 82 valence electrons. The van der Waals surface area contributed by atoms with Gasteiger partial charge in [0.2, 0.25) is 0 Å². The first-order chi connectivity index (χ1) is 7.16. The molecule has 0 saturated carbocycles. The lowest BCUT2D eigenvalue weighted by atomic mass is 10.1. The first kappa shape index (κ1) is 10.4. The van der Waals surface area contributed by atoms with Crippen molar-refractivity contribution in [3.8, 4) is 0 Å². The number of rotatable bonds is 3. The summed E-state index contributed by atoms with van der Waals surface area (Å²) < 4.78 is 5.79. The molecule has 0 aromatic carbocycles. The van der Waals surface area contributed by atoms with E-state index >= 15 is 0 Å². The van der Waals surface area contributed by atoms with Gasteiger partial charge >= 0.3 is 5.97 Å². The number of carboxylic acids is 1. The molecule has 1 aliphatic rings. The third-order valence-electron chi connectivity index (χ3n) is 2.47. The lowest BCUT2D eigenvalue weighted by Gasteiger charge is -2.07. The van der Waals surface area contributed by atoms with Crippen molar-refractivity contribution in [3.63, 3.8) is 0 Å². The number of aromatic nitrogens is 2. The van der Waals surface area contributed by atoms with Crippen molar-refractivity contribution in [3.05, 3.63) is 16.2 Å². The van der Waals surface area contributed by atoms with Gasteiger partial charge in [-0.25, -0.2) is 4.79 Å². The third kappa shape index (κ3) is 2.27. The highest BCUT2D eigenvalue weighted by Crippen LogP contribution is 2.17. The predicted molar refractivity (Wildman–Crippen MR) is 55.6 cm³/mol. The van der Waals surface area contributed by atoms with Crippen molar-refractivity contribution in [1.29, 1.82) is 0 Å². The first-order valence-electron chi connectivity index (χ1n) is 4.83. The second kappa shape index (κ2) is 4.16. The van der Waals surface area contributed by atoms with Gasteiger partial charge in [0.1, 0.15) is 5.69 Å². The van der Waals surface area contributed by atoms with Crippen molar-refractivity contribution < 1.29 is 14.6 Å². The van der Waals surface area contributed by atoms with Crippen LogP contribution < -0.4 is 0 Å². The Balaban J connectivity index is 2.19. The van der Waals surface area contributed by atoms with E-state index in [2.05, 4.69) is 9.97 Å². The number of hydrogen-bond donors (Lipinski definition) is 3. The zero-order valence-electron chi connectivity index (χ0n) is 8.08. The highest BCUT2D eigenvalue weighted by Gasteiger charge is 2.21. The van der Waals surface area contributed by atoms with E-state index in [0.29, 0.717) is 16.9 Å². The van der Waals surface area contributed by atoms with Crippen molar-refractivity contribution in [2.45, 2.75) is 25.4 Å². The Morgan fingerprint density at radius 1 is 1.60 bits per heavy atom. The number of aromatic carboxylic acids is 1. The molecular weight excluding hydrogens is 216 g/mol. The molecule has 6 heteroatoms. The van der Waals surface area contributed by atoms with E-state index < -0.39 is 5.97 Å². The summed E-state index contributed by atoms with van der Waals surface area (Å²) in [4.78, 5) is 16.3. The Hall–Kier alpha value is -1.14. The zero-order chi connectivity index (χ0) is 10.8. The van der Waals surface area contributed by atoms with Crippen LogP contribution >= 0.6 is 12.2 Å². The number of ether oxygens (including phenoxy) is 1. The largest absolute Gasteiger partial charge is 0.477 e. The molecular formula is C9H12N2O3S. The summed E-state index contributed by atoms with van der Waals surface area (Å²) in [7, 11) is 0. The summed E-state index contributed by atoms with van der Waals surface area (Å²) in [5, 5.41) is 8.91. The summed E-state index contributed by atoms with van der Waals surface area (Å²) in [5.41, 5.74) is 0.773. The minimum Gasteiger partial charge on any atom is -0.477 e. The van der Waals surface area contributed by atoms with Crippen molar-refractivity contribution in [1.82, 2.24) is 9.97 Å². The molecule has 0 spiro atoms. The average Bonchev–Trinajstić information content (AvgIpc) is 2.75. The van der Waals surface area contributed by atoms with Crippen LogP contribution in [-0.2, 0) is 11.2 Å². The fourth-order valence-corrected chi connectivity index (χ4v) is 2.01. The first-order valence-corrected chi connectivity index (χ1v) is 5.23. The predicted octanol–water partition coefficient (Wildman–Crippen LogP) is 1.49. The van der Waals surface area contributed by atoms with E-state index in [9.17, 15) is 4.79 Å². The van der Waals surface area contributed by atoms with E-state index in [4.69, 9.17) is 22.1 Å². The Morgan fingerprint density at radius 3 is 3.00 bits per heavy atom. The van der Waals surface area contributed by atoms with Gasteiger partial charge in [-0.05, 0) is 25.1 Å². The molecule has 1 fully saturated rings. The van der Waals surface area contributed by atoms with E-state index in [0.717, 1.165) is 19.4 Å². The molecule has 1 atom stereocenters. The molecule has 0 radical (unpaired) electrons. The van der Waals surface area contributed by atoms with Crippen LogP contribution in [0.3, 0.4) is 0 Å². The van der Waals surface area contributed by atoms with Crippen molar-refractivity contribution in [2.75, 3.05) is 6.61 Å². The maximum absolute atomic E-state index is 10.9. The molecule has 15 heavy (non-hydrogen) atoms. The number of imidazole rings is 1. The number of carbonyl (C=O) groups is 1. The molecule has 1 aliphatic heterocycles. The van der Waals surface area contributed by atoms with Crippen molar-refractivity contribution in [2.24, 2.45) is 0 Å². The summed E-state index contributed by atoms with van der Waals surface area (Å²) >= 11 is 4.87. The fourth-order valence-electron chi connectivity index (χ4n) is 1.79. The molecule has 1 aromatic rings. The van der Waals surface area contributed by atoms with Gasteiger partial charge in [-0.15, -0.1) is 0 Å². The van der Waals surface area contributed by atoms with Crippen LogP contribution in [0.5, 0.6) is 0 Å². The standard InChI is InChI=1S/C9H12N2O3S/c12-8(13)7-6(10-9(15)11-7)4-5-2-1-3-14-5/h5H,1-4H2,(H,12,13)(H2,10,11,15). The van der Waals surface area contributed by atoms with Gasteiger partial charge in [0.25, 0.3) is 0 Å². The number of nitrogens with one attached hydrogen (secondary N) is 2. The van der Waals surface area contributed by atoms with Crippen LogP contribution in [0.15, 0.2) is 0 Å². The second-order valence-corrected chi connectivity index (χ2v) is 3.99. The highest BCUT2D eigenvalue weighted by molar-refractivity contribution is 7.71. The van der Waals surface area contributed by atoms with E-state index in [-0.39, 0.29) is 11.8 Å². The van der Waals surface area contributed by atoms with Gasteiger partial charge < -0.3 is 19.8 Å². The van der Waals surface area contributed by atoms with Crippen LogP contribution in [0.1, 0.15) is 29.0 Å². The van der Waals surface area contributed by atoms with Crippen LogP contribution in [0.2, 0.25) is 0 Å². The third-order valence-corrected chi connectivity index (χ3v) is 2.68. The molecule has 0 bridgehead atoms. The van der Waals surface area contributed by atoms with Crippen LogP contribution in [-0.4, -0.2) is 33.8 Å². The molecule has 2 rings (SSSR count). The molecule has 0 amide bonds. The van der Waals surface area contributed by atoms with Crippen LogP contribution in [0.4, 0.5) is 0 Å². The second-order valence-electron chi connectivity index (χ2n) is 3.58. The van der Waals surface area contributed by atoms with Crippen molar-refractivity contribution >= 4 is 18.2 Å². The molecule has 3 N–H and O–H groups in total. The van der Waals surface area contributed by atoms with Gasteiger partial charge in [0.15, 0.2) is 4.77 Å². The molecule has 1 saturated heterocycles. The Bertz CT molecular complexity index is 417. The maximum Gasteiger partial charge on any atom is 0.354 e. The molecule has 1 unspecified atom stereocenters. The van der Waals surface area contributed by atoms with Gasteiger partial charge in [-0.2, -0.15) is 0 Å². The van der Waals surface area contributed by atoms with E-state index in [1.807, 2.05) is 0 Å². The van der Waals surface area contributed by atoms with Crippen LogP contribution in [0.25, 0.3) is 0 Å².